The first-order chi connectivity index (χ1) is 11.2. The molecule has 0 atom stereocenters. The molecule has 0 amide bonds. The number of likely N-dealkylation sites (N-methyl/N-ethyl adjacent to an activating group) is 1. The minimum atomic E-state index is -0.189. The van der Waals surface area contributed by atoms with E-state index in [2.05, 4.69) is 27.6 Å². The molecule has 0 unspecified atom stereocenters. The summed E-state index contributed by atoms with van der Waals surface area (Å²) in [5.41, 5.74) is 1.12. The zero-order valence-electron chi connectivity index (χ0n) is 14.7. The van der Waals surface area contributed by atoms with Crippen molar-refractivity contribution in [3.8, 4) is 0 Å². The molecule has 0 aliphatic heterocycles. The van der Waals surface area contributed by atoms with Gasteiger partial charge in [0.1, 0.15) is 5.82 Å². The number of benzene rings is 1. The minimum absolute atomic E-state index is 0. The molecule has 2 rings (SSSR count). The summed E-state index contributed by atoms with van der Waals surface area (Å²) in [6.45, 7) is 2.70. The lowest BCUT2D eigenvalue weighted by atomic mass is 10.1. The van der Waals surface area contributed by atoms with Crippen molar-refractivity contribution >= 4 is 29.9 Å². The van der Waals surface area contributed by atoms with E-state index in [1.807, 2.05) is 12.1 Å². The quantitative estimate of drug-likeness (QED) is 0.383. The maximum absolute atomic E-state index is 12.9. The molecule has 24 heavy (non-hydrogen) atoms. The molecule has 4 nitrogen and oxygen atoms in total. The maximum atomic E-state index is 12.9. The summed E-state index contributed by atoms with van der Waals surface area (Å²) in [4.78, 5) is 6.69. The molecule has 1 aliphatic carbocycles. The van der Waals surface area contributed by atoms with E-state index in [1.165, 1.54) is 37.8 Å². The Hall–Kier alpha value is -0.890. The van der Waals surface area contributed by atoms with Crippen LogP contribution in [0.5, 0.6) is 0 Å². The molecule has 1 aromatic rings. The molecule has 6 heteroatoms. The molecule has 2 N–H and O–H groups in total. The molecule has 0 bridgehead atoms. The van der Waals surface area contributed by atoms with Gasteiger partial charge in [-0.05, 0) is 44.0 Å². The number of nitrogens with one attached hydrogen (secondary N) is 2. The van der Waals surface area contributed by atoms with Gasteiger partial charge in [-0.15, -0.1) is 24.0 Å². The van der Waals surface area contributed by atoms with E-state index in [9.17, 15) is 4.39 Å². The van der Waals surface area contributed by atoms with Crippen molar-refractivity contribution in [2.45, 2.75) is 38.1 Å². The number of rotatable bonds is 7. The minimum Gasteiger partial charge on any atom is -0.356 e. The fourth-order valence-electron chi connectivity index (χ4n) is 3.08. The van der Waals surface area contributed by atoms with Gasteiger partial charge in [0.25, 0.3) is 0 Å². The first-order valence-electron chi connectivity index (χ1n) is 8.58. The molecule has 0 heterocycles. The third-order valence-electron chi connectivity index (χ3n) is 4.55. The zero-order chi connectivity index (χ0) is 16.5. The Labute approximate surface area is 162 Å². The summed E-state index contributed by atoms with van der Waals surface area (Å²) in [6.07, 6.45) is 6.26. The number of halogens is 2. The highest BCUT2D eigenvalue weighted by atomic mass is 127. The van der Waals surface area contributed by atoms with Crippen LogP contribution in [0.25, 0.3) is 0 Å². The monoisotopic (exact) mass is 448 g/mol. The van der Waals surface area contributed by atoms with Crippen molar-refractivity contribution in [1.82, 2.24) is 15.5 Å². The number of guanidine groups is 1. The molecule has 1 saturated carbocycles. The second-order valence-corrected chi connectivity index (χ2v) is 6.22. The average molecular weight is 448 g/mol. The second-order valence-electron chi connectivity index (χ2n) is 6.22. The van der Waals surface area contributed by atoms with Crippen LogP contribution in [0.2, 0.25) is 0 Å². The average Bonchev–Trinajstić information content (AvgIpc) is 3.09. The molecule has 0 radical (unpaired) electrons. The van der Waals surface area contributed by atoms with E-state index >= 15 is 0 Å². The van der Waals surface area contributed by atoms with Crippen molar-refractivity contribution in [2.75, 3.05) is 33.7 Å². The summed E-state index contributed by atoms with van der Waals surface area (Å²) < 4.78 is 12.9. The second kappa shape index (κ2) is 11.6. The van der Waals surface area contributed by atoms with Gasteiger partial charge in [0.2, 0.25) is 0 Å². The normalized spacial score (nSPS) is 15.4. The van der Waals surface area contributed by atoms with Gasteiger partial charge < -0.3 is 15.5 Å². The van der Waals surface area contributed by atoms with Gasteiger partial charge in [0.15, 0.2) is 5.96 Å². The largest absolute Gasteiger partial charge is 0.356 e. The predicted molar refractivity (Wildman–Crippen MR) is 110 cm³/mol. The Morgan fingerprint density at radius 3 is 2.42 bits per heavy atom. The molecular weight excluding hydrogens is 418 g/mol. The molecule has 0 spiro atoms. The lowest BCUT2D eigenvalue weighted by Crippen LogP contribution is -2.43. The highest BCUT2D eigenvalue weighted by Gasteiger charge is 2.18. The summed E-state index contributed by atoms with van der Waals surface area (Å²) in [5, 5.41) is 6.66. The first-order valence-corrected chi connectivity index (χ1v) is 8.58. The van der Waals surface area contributed by atoms with Crippen LogP contribution in [0.4, 0.5) is 4.39 Å². The van der Waals surface area contributed by atoms with Gasteiger partial charge >= 0.3 is 0 Å². The third kappa shape index (κ3) is 7.34. The Bertz CT molecular complexity index is 486. The topological polar surface area (TPSA) is 39.7 Å². The zero-order valence-corrected chi connectivity index (χ0v) is 17.1. The van der Waals surface area contributed by atoms with Crippen LogP contribution >= 0.6 is 24.0 Å². The van der Waals surface area contributed by atoms with Gasteiger partial charge in [-0.2, -0.15) is 0 Å². The molecule has 136 valence electrons. The van der Waals surface area contributed by atoms with Gasteiger partial charge in [-0.1, -0.05) is 25.0 Å². The first kappa shape index (κ1) is 21.2. The van der Waals surface area contributed by atoms with Crippen molar-refractivity contribution in [1.29, 1.82) is 0 Å². The van der Waals surface area contributed by atoms with E-state index in [-0.39, 0.29) is 29.8 Å². The van der Waals surface area contributed by atoms with Crippen molar-refractivity contribution in [3.63, 3.8) is 0 Å². The van der Waals surface area contributed by atoms with Crippen LogP contribution in [0.3, 0.4) is 0 Å². The van der Waals surface area contributed by atoms with Crippen molar-refractivity contribution < 1.29 is 4.39 Å². The van der Waals surface area contributed by atoms with Crippen LogP contribution in [0.15, 0.2) is 29.3 Å². The fourth-order valence-corrected chi connectivity index (χ4v) is 3.08. The van der Waals surface area contributed by atoms with E-state index in [0.717, 1.165) is 43.6 Å². The van der Waals surface area contributed by atoms with Crippen LogP contribution in [0.1, 0.15) is 31.2 Å². The highest BCUT2D eigenvalue weighted by molar-refractivity contribution is 14.0. The molecule has 0 aromatic heterocycles. The smallest absolute Gasteiger partial charge is 0.191 e. The Kier molecular flexibility index (Phi) is 10.2. The molecule has 1 aliphatic rings. The van der Waals surface area contributed by atoms with Crippen molar-refractivity contribution in [3.05, 3.63) is 35.6 Å². The Morgan fingerprint density at radius 1 is 1.17 bits per heavy atom. The summed E-state index contributed by atoms with van der Waals surface area (Å²) in [5.74, 6) is 0.637. The van der Waals surface area contributed by atoms with Gasteiger partial charge in [0.05, 0.1) is 0 Å². The highest BCUT2D eigenvalue weighted by Crippen LogP contribution is 2.21. The predicted octanol–water partition coefficient (Wildman–Crippen LogP) is 3.03. The van der Waals surface area contributed by atoms with Crippen LogP contribution in [-0.4, -0.2) is 50.6 Å². The number of aliphatic imine (C=N–C) groups is 1. The lowest BCUT2D eigenvalue weighted by molar-refractivity contribution is 0.249. The summed E-state index contributed by atoms with van der Waals surface area (Å²) in [7, 11) is 4.00. The van der Waals surface area contributed by atoms with Gasteiger partial charge in [-0.3, -0.25) is 4.99 Å². The Morgan fingerprint density at radius 2 is 1.79 bits per heavy atom. The van der Waals surface area contributed by atoms with E-state index in [1.54, 1.807) is 7.05 Å². The van der Waals surface area contributed by atoms with Crippen LogP contribution < -0.4 is 10.6 Å². The number of hydrogen-bond donors (Lipinski definition) is 2. The fraction of sp³-hybridized carbons (Fsp3) is 0.611. The molecule has 1 fully saturated rings. The van der Waals surface area contributed by atoms with E-state index in [4.69, 9.17) is 0 Å². The summed E-state index contributed by atoms with van der Waals surface area (Å²) in [6, 6.07) is 7.40. The summed E-state index contributed by atoms with van der Waals surface area (Å²) >= 11 is 0. The van der Waals surface area contributed by atoms with Crippen LogP contribution in [0, 0.1) is 5.82 Å². The standard InChI is InChI=1S/C18H29FN4.HI/c1-20-18(21-12-11-15-7-9-16(19)10-8-15)22-13-14-23(2)17-5-3-4-6-17;/h7-10,17H,3-6,11-14H2,1-2H3,(H2,20,21,22);1H. The maximum Gasteiger partial charge on any atom is 0.191 e. The number of hydrogen-bond acceptors (Lipinski definition) is 2. The number of nitrogens with zero attached hydrogens (tertiary/aromatic N) is 2. The third-order valence-corrected chi connectivity index (χ3v) is 4.55. The van der Waals surface area contributed by atoms with Crippen LogP contribution in [-0.2, 0) is 6.42 Å². The lowest BCUT2D eigenvalue weighted by Gasteiger charge is -2.24. The molecule has 1 aromatic carbocycles. The van der Waals surface area contributed by atoms with Crippen molar-refractivity contribution in [2.24, 2.45) is 4.99 Å². The van der Waals surface area contributed by atoms with E-state index < -0.39 is 0 Å². The molecular formula is C18H30FIN4. The Balaban J connectivity index is 0.00000288. The SMILES string of the molecule is CN=C(NCCc1ccc(F)cc1)NCCN(C)C1CCCC1.I. The van der Waals surface area contributed by atoms with Gasteiger partial charge in [-0.25, -0.2) is 4.39 Å². The van der Waals surface area contributed by atoms with Gasteiger partial charge in [0, 0.05) is 32.7 Å². The van der Waals surface area contributed by atoms with E-state index in [0.29, 0.717) is 0 Å². The molecule has 0 saturated heterocycles.